The van der Waals surface area contributed by atoms with Gasteiger partial charge < -0.3 is 15.4 Å². The highest BCUT2D eigenvalue weighted by atomic mass is 16.5. The van der Waals surface area contributed by atoms with Crippen molar-refractivity contribution in [3.05, 3.63) is 35.4 Å². The normalized spacial score (nSPS) is 24.6. The molecule has 2 saturated heterocycles. The number of rotatable bonds is 6. The minimum absolute atomic E-state index is 0.0672. The minimum atomic E-state index is -0.0672. The monoisotopic (exact) mass is 372 g/mol. The molecule has 0 radical (unpaired) electrons. The molecule has 5 nitrogen and oxygen atoms in total. The Labute approximate surface area is 164 Å². The van der Waals surface area contributed by atoms with Crippen LogP contribution in [0, 0.1) is 0 Å². The largest absolute Gasteiger partial charge is 0.373 e. The summed E-state index contributed by atoms with van der Waals surface area (Å²) in [4.78, 5) is 6.99. The second kappa shape index (κ2) is 10.1. The fourth-order valence-corrected chi connectivity index (χ4v) is 4.07. The summed E-state index contributed by atoms with van der Waals surface area (Å²) in [5, 5.41) is 6.92. The first-order valence-electron chi connectivity index (χ1n) is 10.6. The van der Waals surface area contributed by atoms with Crippen LogP contribution in [-0.2, 0) is 17.8 Å². The Morgan fingerprint density at radius 2 is 1.81 bits per heavy atom. The molecule has 1 aromatic carbocycles. The molecule has 2 heterocycles. The Bertz CT molecular complexity index is 602. The van der Waals surface area contributed by atoms with Gasteiger partial charge in [-0.1, -0.05) is 37.1 Å². The Balaban J connectivity index is 1.53. The van der Waals surface area contributed by atoms with Crippen LogP contribution in [-0.4, -0.2) is 49.7 Å². The van der Waals surface area contributed by atoms with Gasteiger partial charge in [0.25, 0.3) is 0 Å². The molecule has 2 fully saturated rings. The van der Waals surface area contributed by atoms with Gasteiger partial charge in [-0.15, -0.1) is 0 Å². The van der Waals surface area contributed by atoms with E-state index in [9.17, 15) is 0 Å². The Hall–Kier alpha value is -1.59. The SMILES string of the molecule is CN=C(NCc1ccccc1CN1CCCCCC1)NCC1(C)CCCO1. The summed E-state index contributed by atoms with van der Waals surface area (Å²) in [6, 6.07) is 8.79. The van der Waals surface area contributed by atoms with Crippen molar-refractivity contribution in [1.29, 1.82) is 0 Å². The van der Waals surface area contributed by atoms with Crippen LogP contribution >= 0.6 is 0 Å². The summed E-state index contributed by atoms with van der Waals surface area (Å²) >= 11 is 0. The molecule has 1 unspecified atom stereocenters. The lowest BCUT2D eigenvalue weighted by Crippen LogP contribution is -2.45. The molecule has 0 saturated carbocycles. The molecule has 5 heteroatoms. The van der Waals surface area contributed by atoms with E-state index in [0.717, 1.165) is 45.0 Å². The van der Waals surface area contributed by atoms with E-state index in [4.69, 9.17) is 4.74 Å². The molecule has 0 amide bonds. The van der Waals surface area contributed by atoms with E-state index in [0.29, 0.717) is 0 Å². The zero-order valence-corrected chi connectivity index (χ0v) is 17.1. The third kappa shape index (κ3) is 6.22. The maximum absolute atomic E-state index is 5.86. The number of benzene rings is 1. The number of guanidine groups is 1. The average Bonchev–Trinajstić information content (AvgIpc) is 2.95. The Morgan fingerprint density at radius 1 is 1.07 bits per heavy atom. The third-order valence-electron chi connectivity index (χ3n) is 5.81. The zero-order chi connectivity index (χ0) is 19.0. The molecule has 0 bridgehead atoms. The van der Waals surface area contributed by atoms with Crippen LogP contribution in [0.5, 0.6) is 0 Å². The van der Waals surface area contributed by atoms with E-state index in [2.05, 4.69) is 51.7 Å². The highest BCUT2D eigenvalue weighted by molar-refractivity contribution is 5.79. The molecular formula is C22H36N4O. The minimum Gasteiger partial charge on any atom is -0.373 e. The molecule has 2 N–H and O–H groups in total. The van der Waals surface area contributed by atoms with Crippen LogP contribution in [0.4, 0.5) is 0 Å². The molecule has 0 aromatic heterocycles. The van der Waals surface area contributed by atoms with E-state index in [1.807, 2.05) is 7.05 Å². The van der Waals surface area contributed by atoms with Gasteiger partial charge >= 0.3 is 0 Å². The van der Waals surface area contributed by atoms with Crippen molar-refractivity contribution in [3.63, 3.8) is 0 Å². The number of aliphatic imine (C=N–C) groups is 1. The Kier molecular flexibility index (Phi) is 7.53. The van der Waals surface area contributed by atoms with E-state index in [-0.39, 0.29) is 5.60 Å². The van der Waals surface area contributed by atoms with E-state index in [1.54, 1.807) is 0 Å². The lowest BCUT2D eigenvalue weighted by Gasteiger charge is -2.25. The van der Waals surface area contributed by atoms with Crippen molar-refractivity contribution in [1.82, 2.24) is 15.5 Å². The van der Waals surface area contributed by atoms with E-state index < -0.39 is 0 Å². The van der Waals surface area contributed by atoms with Crippen LogP contribution < -0.4 is 10.6 Å². The number of nitrogens with zero attached hydrogens (tertiary/aromatic N) is 2. The van der Waals surface area contributed by atoms with Gasteiger partial charge in [-0.3, -0.25) is 9.89 Å². The predicted molar refractivity (Wildman–Crippen MR) is 112 cm³/mol. The number of ether oxygens (including phenoxy) is 1. The summed E-state index contributed by atoms with van der Waals surface area (Å²) in [5.41, 5.74) is 2.71. The molecule has 0 spiro atoms. The molecule has 27 heavy (non-hydrogen) atoms. The van der Waals surface area contributed by atoms with Crippen molar-refractivity contribution >= 4 is 5.96 Å². The summed E-state index contributed by atoms with van der Waals surface area (Å²) < 4.78 is 5.86. The first kappa shape index (κ1) is 20.2. The smallest absolute Gasteiger partial charge is 0.191 e. The van der Waals surface area contributed by atoms with Crippen molar-refractivity contribution < 1.29 is 4.74 Å². The maximum atomic E-state index is 5.86. The quantitative estimate of drug-likeness (QED) is 0.594. The standard InChI is InChI=1S/C22H36N4O/c1-22(12-9-15-27-22)18-25-21(23-2)24-16-19-10-5-6-11-20(19)17-26-13-7-3-4-8-14-26/h5-6,10-11H,3-4,7-9,12-18H2,1-2H3,(H2,23,24,25). The lowest BCUT2D eigenvalue weighted by atomic mass is 10.0. The average molecular weight is 373 g/mol. The third-order valence-corrected chi connectivity index (χ3v) is 5.81. The summed E-state index contributed by atoms with van der Waals surface area (Å²) in [5.74, 6) is 0.844. The first-order chi connectivity index (χ1) is 13.2. The van der Waals surface area contributed by atoms with Crippen molar-refractivity contribution in [3.8, 4) is 0 Å². The first-order valence-corrected chi connectivity index (χ1v) is 10.6. The number of likely N-dealkylation sites (tertiary alicyclic amines) is 1. The highest BCUT2D eigenvalue weighted by Crippen LogP contribution is 2.23. The predicted octanol–water partition coefficient (Wildman–Crippen LogP) is 3.30. The second-order valence-electron chi connectivity index (χ2n) is 8.14. The summed E-state index contributed by atoms with van der Waals surface area (Å²) in [6.45, 7) is 8.14. The van der Waals surface area contributed by atoms with Gasteiger partial charge in [0.15, 0.2) is 5.96 Å². The van der Waals surface area contributed by atoms with Gasteiger partial charge in [-0.05, 0) is 56.8 Å². The van der Waals surface area contributed by atoms with Gasteiger partial charge in [0.05, 0.1) is 5.60 Å². The van der Waals surface area contributed by atoms with Crippen molar-refractivity contribution in [2.75, 3.05) is 33.3 Å². The van der Waals surface area contributed by atoms with Crippen LogP contribution in [0.25, 0.3) is 0 Å². The molecule has 2 aliphatic rings. The van der Waals surface area contributed by atoms with Crippen molar-refractivity contribution in [2.45, 2.75) is 64.1 Å². The Morgan fingerprint density at radius 3 is 2.48 bits per heavy atom. The van der Waals surface area contributed by atoms with Gasteiger partial charge in [0.2, 0.25) is 0 Å². The number of hydrogen-bond donors (Lipinski definition) is 2. The molecule has 1 aromatic rings. The van der Waals surface area contributed by atoms with Crippen LogP contribution in [0.1, 0.15) is 56.6 Å². The van der Waals surface area contributed by atoms with Crippen LogP contribution in [0.3, 0.4) is 0 Å². The fourth-order valence-electron chi connectivity index (χ4n) is 4.07. The van der Waals surface area contributed by atoms with E-state index >= 15 is 0 Å². The van der Waals surface area contributed by atoms with Gasteiger partial charge in [0.1, 0.15) is 0 Å². The molecule has 150 valence electrons. The van der Waals surface area contributed by atoms with Gasteiger partial charge in [-0.2, -0.15) is 0 Å². The second-order valence-corrected chi connectivity index (χ2v) is 8.14. The summed E-state index contributed by atoms with van der Waals surface area (Å²) in [6.07, 6.45) is 7.67. The molecule has 3 rings (SSSR count). The van der Waals surface area contributed by atoms with Gasteiger partial charge in [-0.25, -0.2) is 0 Å². The highest BCUT2D eigenvalue weighted by Gasteiger charge is 2.29. The van der Waals surface area contributed by atoms with Crippen LogP contribution in [0.2, 0.25) is 0 Å². The molecular weight excluding hydrogens is 336 g/mol. The zero-order valence-electron chi connectivity index (χ0n) is 17.1. The van der Waals surface area contributed by atoms with E-state index in [1.165, 1.54) is 49.9 Å². The lowest BCUT2D eigenvalue weighted by molar-refractivity contribution is 0.0243. The van der Waals surface area contributed by atoms with Crippen LogP contribution in [0.15, 0.2) is 29.3 Å². The van der Waals surface area contributed by atoms with Crippen molar-refractivity contribution in [2.24, 2.45) is 4.99 Å². The maximum Gasteiger partial charge on any atom is 0.191 e. The molecule has 0 aliphatic carbocycles. The molecule has 1 atom stereocenters. The fraction of sp³-hybridized carbons (Fsp3) is 0.682. The topological polar surface area (TPSA) is 48.9 Å². The van der Waals surface area contributed by atoms with Gasteiger partial charge in [0, 0.05) is 33.3 Å². The summed E-state index contributed by atoms with van der Waals surface area (Å²) in [7, 11) is 1.83. The number of nitrogens with one attached hydrogen (secondary N) is 2. The molecule has 2 aliphatic heterocycles. The number of hydrogen-bond acceptors (Lipinski definition) is 3.